The first kappa shape index (κ1) is 15.2. The first-order valence-corrected chi connectivity index (χ1v) is 7.52. The molecule has 0 amide bonds. The minimum absolute atomic E-state index is 0.342. The maximum Gasteiger partial charge on any atom is 0.127 e. The molecule has 112 valence electrons. The molecule has 0 saturated heterocycles. The maximum absolute atomic E-state index is 6.80. The molecule has 1 saturated carbocycles. The SMILES string of the molecule is COc1cccc(OC)c1C1(N)CCCC(C(C)C)C1. The summed E-state index contributed by atoms with van der Waals surface area (Å²) in [6.45, 7) is 4.58. The summed E-state index contributed by atoms with van der Waals surface area (Å²) >= 11 is 0. The minimum Gasteiger partial charge on any atom is -0.496 e. The van der Waals surface area contributed by atoms with Crippen LogP contribution in [0.25, 0.3) is 0 Å². The molecule has 3 nitrogen and oxygen atoms in total. The standard InChI is InChI=1S/C17H27NO2/c1-12(2)13-7-6-10-17(18,11-13)16-14(19-3)8-5-9-15(16)20-4/h5,8-9,12-13H,6-7,10-11,18H2,1-4H3. The van der Waals surface area contributed by atoms with Gasteiger partial charge >= 0.3 is 0 Å². The van der Waals surface area contributed by atoms with Crippen LogP contribution in [0.15, 0.2) is 18.2 Å². The van der Waals surface area contributed by atoms with E-state index in [9.17, 15) is 0 Å². The third kappa shape index (κ3) is 2.78. The zero-order valence-electron chi connectivity index (χ0n) is 13.1. The van der Waals surface area contributed by atoms with Crippen LogP contribution < -0.4 is 15.2 Å². The lowest BCUT2D eigenvalue weighted by Crippen LogP contribution is -2.43. The van der Waals surface area contributed by atoms with Gasteiger partial charge in [0, 0.05) is 5.54 Å². The second kappa shape index (κ2) is 6.04. The van der Waals surface area contributed by atoms with E-state index >= 15 is 0 Å². The van der Waals surface area contributed by atoms with Crippen LogP contribution >= 0.6 is 0 Å². The van der Waals surface area contributed by atoms with Crippen molar-refractivity contribution < 1.29 is 9.47 Å². The Kier molecular flexibility index (Phi) is 4.59. The Morgan fingerprint density at radius 2 is 1.80 bits per heavy atom. The number of ether oxygens (including phenoxy) is 2. The molecule has 0 aliphatic heterocycles. The van der Waals surface area contributed by atoms with Gasteiger partial charge in [0.25, 0.3) is 0 Å². The Morgan fingerprint density at radius 3 is 2.30 bits per heavy atom. The van der Waals surface area contributed by atoms with Gasteiger partial charge in [-0.1, -0.05) is 32.8 Å². The summed E-state index contributed by atoms with van der Waals surface area (Å²) in [5.41, 5.74) is 7.50. The average molecular weight is 277 g/mol. The van der Waals surface area contributed by atoms with Crippen LogP contribution in [0.4, 0.5) is 0 Å². The molecule has 0 radical (unpaired) electrons. The van der Waals surface area contributed by atoms with Gasteiger partial charge < -0.3 is 15.2 Å². The highest BCUT2D eigenvalue weighted by atomic mass is 16.5. The minimum atomic E-state index is -0.342. The Bertz CT molecular complexity index is 436. The van der Waals surface area contributed by atoms with E-state index in [1.54, 1.807) is 14.2 Å². The second-order valence-electron chi connectivity index (χ2n) is 6.29. The molecule has 1 fully saturated rings. The molecule has 1 aromatic rings. The molecule has 0 spiro atoms. The summed E-state index contributed by atoms with van der Waals surface area (Å²) in [5.74, 6) is 3.02. The second-order valence-corrected chi connectivity index (χ2v) is 6.29. The van der Waals surface area contributed by atoms with E-state index < -0.39 is 0 Å². The predicted octanol–water partition coefficient (Wildman–Crippen LogP) is 3.70. The number of hydrogen-bond acceptors (Lipinski definition) is 3. The van der Waals surface area contributed by atoms with Crippen molar-refractivity contribution >= 4 is 0 Å². The van der Waals surface area contributed by atoms with Crippen LogP contribution in [0.3, 0.4) is 0 Å². The summed E-state index contributed by atoms with van der Waals surface area (Å²) in [7, 11) is 3.40. The quantitative estimate of drug-likeness (QED) is 0.912. The molecule has 0 bridgehead atoms. The van der Waals surface area contributed by atoms with Gasteiger partial charge in [0.05, 0.1) is 19.8 Å². The van der Waals surface area contributed by atoms with E-state index in [1.807, 2.05) is 18.2 Å². The Morgan fingerprint density at radius 1 is 1.20 bits per heavy atom. The van der Waals surface area contributed by atoms with Crippen molar-refractivity contribution in [2.45, 2.75) is 45.1 Å². The van der Waals surface area contributed by atoms with Crippen molar-refractivity contribution in [3.05, 3.63) is 23.8 Å². The normalized spacial score (nSPS) is 26.6. The lowest BCUT2D eigenvalue weighted by molar-refractivity contribution is 0.177. The summed E-state index contributed by atoms with van der Waals surface area (Å²) in [4.78, 5) is 0. The van der Waals surface area contributed by atoms with Crippen LogP contribution in [0, 0.1) is 11.8 Å². The van der Waals surface area contributed by atoms with E-state index in [4.69, 9.17) is 15.2 Å². The number of nitrogens with two attached hydrogens (primary N) is 1. The van der Waals surface area contributed by atoms with Crippen LogP contribution in [0.2, 0.25) is 0 Å². The molecule has 1 aliphatic carbocycles. The highest BCUT2D eigenvalue weighted by Gasteiger charge is 2.39. The third-order valence-electron chi connectivity index (χ3n) is 4.69. The first-order chi connectivity index (χ1) is 9.51. The molecule has 1 aliphatic rings. The lowest BCUT2D eigenvalue weighted by Gasteiger charge is -2.41. The fourth-order valence-corrected chi connectivity index (χ4v) is 3.49. The van der Waals surface area contributed by atoms with Crippen molar-refractivity contribution in [2.24, 2.45) is 17.6 Å². The molecule has 3 heteroatoms. The molecule has 0 aromatic heterocycles. The van der Waals surface area contributed by atoms with Gasteiger partial charge in [0.1, 0.15) is 11.5 Å². The molecule has 2 rings (SSSR count). The average Bonchev–Trinajstić information content (AvgIpc) is 2.46. The predicted molar refractivity (Wildman–Crippen MR) is 82.2 cm³/mol. The van der Waals surface area contributed by atoms with Crippen molar-refractivity contribution in [1.29, 1.82) is 0 Å². The third-order valence-corrected chi connectivity index (χ3v) is 4.69. The number of hydrogen-bond donors (Lipinski definition) is 1. The summed E-state index contributed by atoms with van der Waals surface area (Å²) < 4.78 is 11.1. The van der Waals surface area contributed by atoms with Gasteiger partial charge in [0.2, 0.25) is 0 Å². The van der Waals surface area contributed by atoms with Crippen LogP contribution in [-0.2, 0) is 5.54 Å². The van der Waals surface area contributed by atoms with Gasteiger partial charge in [-0.15, -0.1) is 0 Å². The van der Waals surface area contributed by atoms with Crippen LogP contribution in [0.1, 0.15) is 45.1 Å². The van der Waals surface area contributed by atoms with Crippen molar-refractivity contribution in [3.63, 3.8) is 0 Å². The van der Waals surface area contributed by atoms with Crippen molar-refractivity contribution in [1.82, 2.24) is 0 Å². The zero-order valence-corrected chi connectivity index (χ0v) is 13.1. The van der Waals surface area contributed by atoms with Crippen molar-refractivity contribution in [2.75, 3.05) is 14.2 Å². The van der Waals surface area contributed by atoms with Crippen LogP contribution in [-0.4, -0.2) is 14.2 Å². The summed E-state index contributed by atoms with van der Waals surface area (Å²) in [5, 5.41) is 0. The topological polar surface area (TPSA) is 44.5 Å². The summed E-state index contributed by atoms with van der Waals surface area (Å²) in [6.07, 6.45) is 4.43. The zero-order chi connectivity index (χ0) is 14.8. The molecule has 2 N–H and O–H groups in total. The molecule has 2 atom stereocenters. The van der Waals surface area contributed by atoms with Crippen LogP contribution in [0.5, 0.6) is 11.5 Å². The number of methoxy groups -OCH3 is 2. The van der Waals surface area contributed by atoms with Gasteiger partial charge in [-0.05, 0) is 36.8 Å². The number of benzene rings is 1. The molecule has 0 heterocycles. The monoisotopic (exact) mass is 277 g/mol. The Balaban J connectivity index is 2.42. The van der Waals surface area contributed by atoms with Crippen molar-refractivity contribution in [3.8, 4) is 11.5 Å². The van der Waals surface area contributed by atoms with Gasteiger partial charge in [-0.25, -0.2) is 0 Å². The van der Waals surface area contributed by atoms with E-state index in [1.165, 1.54) is 12.8 Å². The highest BCUT2D eigenvalue weighted by Crippen LogP contribution is 2.47. The fraction of sp³-hybridized carbons (Fsp3) is 0.647. The number of rotatable bonds is 4. The van der Waals surface area contributed by atoms with E-state index in [0.29, 0.717) is 11.8 Å². The first-order valence-electron chi connectivity index (χ1n) is 7.52. The molecule has 20 heavy (non-hydrogen) atoms. The van der Waals surface area contributed by atoms with E-state index in [2.05, 4.69) is 13.8 Å². The van der Waals surface area contributed by atoms with E-state index in [0.717, 1.165) is 29.9 Å². The molecule has 2 unspecified atom stereocenters. The van der Waals surface area contributed by atoms with Gasteiger partial charge in [-0.2, -0.15) is 0 Å². The largest absolute Gasteiger partial charge is 0.496 e. The fourth-order valence-electron chi connectivity index (χ4n) is 3.49. The summed E-state index contributed by atoms with van der Waals surface area (Å²) in [6, 6.07) is 5.91. The smallest absolute Gasteiger partial charge is 0.127 e. The lowest BCUT2D eigenvalue weighted by atomic mass is 9.69. The molecular weight excluding hydrogens is 250 g/mol. The molecular formula is C17H27NO2. The Hall–Kier alpha value is -1.22. The molecule has 1 aromatic carbocycles. The van der Waals surface area contributed by atoms with Gasteiger partial charge in [0.15, 0.2) is 0 Å². The van der Waals surface area contributed by atoms with Gasteiger partial charge in [-0.3, -0.25) is 0 Å². The highest BCUT2D eigenvalue weighted by molar-refractivity contribution is 5.49. The maximum atomic E-state index is 6.80. The Labute approximate surface area is 122 Å². The van der Waals surface area contributed by atoms with E-state index in [-0.39, 0.29) is 5.54 Å².